The van der Waals surface area contributed by atoms with Gasteiger partial charge in [0.15, 0.2) is 0 Å². The summed E-state index contributed by atoms with van der Waals surface area (Å²) in [6.07, 6.45) is 3.96. The first-order valence-corrected chi connectivity index (χ1v) is 8.50. The van der Waals surface area contributed by atoms with Crippen molar-refractivity contribution < 1.29 is 4.74 Å². The summed E-state index contributed by atoms with van der Waals surface area (Å²) in [6, 6.07) is 7.88. The Hall–Kier alpha value is -0.570. The fourth-order valence-electron chi connectivity index (χ4n) is 3.46. The van der Waals surface area contributed by atoms with Crippen molar-refractivity contribution in [2.24, 2.45) is 23.5 Å². The molecule has 0 heterocycles. The summed E-state index contributed by atoms with van der Waals surface area (Å²) >= 11 is 6.09. The molecule has 3 heteroatoms. The Balaban J connectivity index is 2.11. The minimum atomic E-state index is -0.0553. The third-order valence-corrected chi connectivity index (χ3v) is 4.97. The van der Waals surface area contributed by atoms with E-state index < -0.39 is 0 Å². The maximum atomic E-state index is 6.44. The normalized spacial score (nSPS) is 27.8. The molecule has 0 spiro atoms. The minimum absolute atomic E-state index is 0.0553. The average Bonchev–Trinajstić information content (AvgIpc) is 2.44. The second kappa shape index (κ2) is 7.62. The summed E-state index contributed by atoms with van der Waals surface area (Å²) in [7, 11) is 0. The van der Waals surface area contributed by atoms with Crippen LogP contribution in [0.4, 0.5) is 0 Å². The van der Waals surface area contributed by atoms with E-state index in [1.165, 1.54) is 12.8 Å². The topological polar surface area (TPSA) is 35.2 Å². The molecule has 1 aromatic rings. The largest absolute Gasteiger partial charge is 0.369 e. The summed E-state index contributed by atoms with van der Waals surface area (Å²) < 4.78 is 6.44. The van der Waals surface area contributed by atoms with Crippen molar-refractivity contribution in [3.05, 3.63) is 34.9 Å². The first kappa shape index (κ1) is 16.8. The summed E-state index contributed by atoms with van der Waals surface area (Å²) in [4.78, 5) is 0. The van der Waals surface area contributed by atoms with Crippen LogP contribution in [0.2, 0.25) is 5.02 Å². The first-order valence-electron chi connectivity index (χ1n) is 8.12. The Morgan fingerprint density at radius 2 is 2.10 bits per heavy atom. The molecule has 1 aliphatic carbocycles. The van der Waals surface area contributed by atoms with E-state index in [4.69, 9.17) is 22.1 Å². The van der Waals surface area contributed by atoms with Crippen molar-refractivity contribution in [1.82, 2.24) is 0 Å². The maximum absolute atomic E-state index is 6.44. The zero-order valence-corrected chi connectivity index (χ0v) is 14.1. The van der Waals surface area contributed by atoms with Crippen molar-refractivity contribution >= 4 is 11.6 Å². The van der Waals surface area contributed by atoms with Gasteiger partial charge in [0, 0.05) is 11.6 Å². The monoisotopic (exact) mass is 309 g/mol. The SMILES string of the molecule is CC1CCC(C(C)C)C(OC(CN)c2cccc(Cl)c2)C1. The van der Waals surface area contributed by atoms with Crippen molar-refractivity contribution in [3.63, 3.8) is 0 Å². The Bertz CT molecular complexity index is 449. The van der Waals surface area contributed by atoms with Crippen LogP contribution in [0.15, 0.2) is 24.3 Å². The van der Waals surface area contributed by atoms with E-state index in [0.717, 1.165) is 22.9 Å². The third kappa shape index (κ3) is 4.45. The summed E-state index contributed by atoms with van der Waals surface area (Å²) in [5.74, 6) is 2.03. The van der Waals surface area contributed by atoms with E-state index >= 15 is 0 Å². The van der Waals surface area contributed by atoms with E-state index in [9.17, 15) is 0 Å². The molecule has 2 rings (SSSR count). The molecule has 118 valence electrons. The van der Waals surface area contributed by atoms with Gasteiger partial charge in [-0.05, 0) is 48.3 Å². The molecule has 0 radical (unpaired) electrons. The quantitative estimate of drug-likeness (QED) is 0.846. The molecule has 1 aromatic carbocycles. The maximum Gasteiger partial charge on any atom is 0.0951 e. The zero-order valence-electron chi connectivity index (χ0n) is 13.4. The van der Waals surface area contributed by atoms with Crippen LogP contribution in [-0.4, -0.2) is 12.6 Å². The number of hydrogen-bond donors (Lipinski definition) is 1. The van der Waals surface area contributed by atoms with Gasteiger partial charge in [0.2, 0.25) is 0 Å². The highest BCUT2D eigenvalue weighted by Gasteiger charge is 2.33. The van der Waals surface area contributed by atoms with Crippen molar-refractivity contribution in [2.75, 3.05) is 6.54 Å². The van der Waals surface area contributed by atoms with E-state index in [1.54, 1.807) is 0 Å². The lowest BCUT2D eigenvalue weighted by molar-refractivity contribution is -0.0786. The lowest BCUT2D eigenvalue weighted by Crippen LogP contribution is -2.36. The first-order chi connectivity index (χ1) is 10.0. The number of rotatable bonds is 5. The zero-order chi connectivity index (χ0) is 15.4. The molecule has 0 amide bonds. The second-order valence-corrected chi connectivity index (χ2v) is 7.22. The van der Waals surface area contributed by atoms with E-state index in [2.05, 4.69) is 26.8 Å². The molecule has 1 aliphatic rings. The van der Waals surface area contributed by atoms with Crippen LogP contribution < -0.4 is 5.73 Å². The van der Waals surface area contributed by atoms with Gasteiger partial charge in [0.25, 0.3) is 0 Å². The smallest absolute Gasteiger partial charge is 0.0951 e. The van der Waals surface area contributed by atoms with Gasteiger partial charge in [-0.3, -0.25) is 0 Å². The van der Waals surface area contributed by atoms with Gasteiger partial charge >= 0.3 is 0 Å². The highest BCUT2D eigenvalue weighted by Crippen LogP contribution is 2.37. The van der Waals surface area contributed by atoms with Crippen LogP contribution in [0.3, 0.4) is 0 Å². The van der Waals surface area contributed by atoms with Crippen LogP contribution in [0, 0.1) is 17.8 Å². The van der Waals surface area contributed by atoms with Gasteiger partial charge in [0.1, 0.15) is 0 Å². The summed E-state index contributed by atoms with van der Waals surface area (Å²) in [5, 5.41) is 0.743. The number of hydrogen-bond acceptors (Lipinski definition) is 2. The van der Waals surface area contributed by atoms with Gasteiger partial charge in [-0.1, -0.05) is 50.9 Å². The Kier molecular flexibility index (Phi) is 6.09. The average molecular weight is 310 g/mol. The number of benzene rings is 1. The molecule has 0 aliphatic heterocycles. The van der Waals surface area contributed by atoms with E-state index in [-0.39, 0.29) is 6.10 Å². The lowest BCUT2D eigenvalue weighted by Gasteiger charge is -2.39. The molecular weight excluding hydrogens is 282 g/mol. The standard InChI is InChI=1S/C18H28ClNO/c1-12(2)16-8-7-13(3)9-17(16)21-18(11-20)14-5-4-6-15(19)10-14/h4-6,10,12-13,16-18H,7-9,11,20H2,1-3H3. The number of nitrogens with two attached hydrogens (primary N) is 1. The summed E-state index contributed by atoms with van der Waals surface area (Å²) in [5.41, 5.74) is 7.05. The van der Waals surface area contributed by atoms with Crippen LogP contribution in [0.1, 0.15) is 51.7 Å². The molecule has 4 unspecified atom stereocenters. The molecule has 0 aromatic heterocycles. The molecule has 4 atom stereocenters. The molecule has 0 saturated heterocycles. The highest BCUT2D eigenvalue weighted by atomic mass is 35.5. The summed E-state index contributed by atoms with van der Waals surface area (Å²) in [6.45, 7) is 7.42. The third-order valence-electron chi connectivity index (χ3n) is 4.73. The van der Waals surface area contributed by atoms with Crippen molar-refractivity contribution in [2.45, 2.75) is 52.2 Å². The van der Waals surface area contributed by atoms with E-state index in [1.807, 2.05) is 18.2 Å². The predicted octanol–water partition coefficient (Wildman–Crippen LogP) is 4.82. The molecular formula is C18H28ClNO. The molecule has 2 nitrogen and oxygen atoms in total. The van der Waals surface area contributed by atoms with Crippen LogP contribution in [0.25, 0.3) is 0 Å². The van der Waals surface area contributed by atoms with Gasteiger partial charge in [-0.2, -0.15) is 0 Å². The van der Waals surface area contributed by atoms with Crippen LogP contribution >= 0.6 is 11.6 Å². The van der Waals surface area contributed by atoms with E-state index in [0.29, 0.717) is 24.5 Å². The van der Waals surface area contributed by atoms with Gasteiger partial charge in [-0.25, -0.2) is 0 Å². The number of ether oxygens (including phenoxy) is 1. The molecule has 0 bridgehead atoms. The Morgan fingerprint density at radius 1 is 1.33 bits per heavy atom. The second-order valence-electron chi connectivity index (χ2n) is 6.78. The highest BCUT2D eigenvalue weighted by molar-refractivity contribution is 6.30. The number of halogens is 1. The van der Waals surface area contributed by atoms with Gasteiger partial charge in [-0.15, -0.1) is 0 Å². The van der Waals surface area contributed by atoms with Gasteiger partial charge in [0.05, 0.1) is 12.2 Å². The Labute approximate surface area is 134 Å². The Morgan fingerprint density at radius 3 is 2.71 bits per heavy atom. The fraction of sp³-hybridized carbons (Fsp3) is 0.667. The van der Waals surface area contributed by atoms with Crippen molar-refractivity contribution in [3.8, 4) is 0 Å². The lowest BCUT2D eigenvalue weighted by atomic mass is 9.75. The van der Waals surface area contributed by atoms with Crippen LogP contribution in [0.5, 0.6) is 0 Å². The molecule has 21 heavy (non-hydrogen) atoms. The van der Waals surface area contributed by atoms with Gasteiger partial charge < -0.3 is 10.5 Å². The fourth-order valence-corrected chi connectivity index (χ4v) is 3.66. The van der Waals surface area contributed by atoms with Crippen molar-refractivity contribution in [1.29, 1.82) is 0 Å². The molecule has 2 N–H and O–H groups in total. The van der Waals surface area contributed by atoms with Crippen LogP contribution in [-0.2, 0) is 4.74 Å². The molecule has 1 fully saturated rings. The minimum Gasteiger partial charge on any atom is -0.369 e. The molecule has 1 saturated carbocycles. The predicted molar refractivity (Wildman–Crippen MR) is 89.5 cm³/mol.